The van der Waals surface area contributed by atoms with Gasteiger partial charge >= 0.3 is 5.97 Å². The molecule has 1 aromatic carbocycles. The van der Waals surface area contributed by atoms with Crippen LogP contribution in [-0.4, -0.2) is 42.0 Å². The Morgan fingerprint density at radius 2 is 2.20 bits per heavy atom. The molecule has 0 aliphatic heterocycles. The maximum Gasteiger partial charge on any atom is 0.325 e. The molecule has 0 aliphatic rings. The van der Waals surface area contributed by atoms with Crippen molar-refractivity contribution in [2.45, 2.75) is 13.3 Å². The van der Waals surface area contributed by atoms with Crippen LogP contribution in [0, 0.1) is 0 Å². The Morgan fingerprint density at radius 1 is 1.40 bits per heavy atom. The third kappa shape index (κ3) is 3.14. The summed E-state index contributed by atoms with van der Waals surface area (Å²) >= 11 is 1.49. The van der Waals surface area contributed by atoms with Gasteiger partial charge in [-0.1, -0.05) is 6.92 Å². The van der Waals surface area contributed by atoms with Crippen LogP contribution in [0.3, 0.4) is 0 Å². The van der Waals surface area contributed by atoms with E-state index in [9.17, 15) is 9.59 Å². The smallest absolute Gasteiger partial charge is 0.325 e. The lowest BCUT2D eigenvalue weighted by atomic mass is 10.2. The van der Waals surface area contributed by atoms with E-state index in [0.29, 0.717) is 12.1 Å². The summed E-state index contributed by atoms with van der Waals surface area (Å²) in [5.41, 5.74) is 3.19. The molecule has 0 atom stereocenters. The summed E-state index contributed by atoms with van der Waals surface area (Å²) in [4.78, 5) is 29.5. The van der Waals surface area contributed by atoms with E-state index in [4.69, 9.17) is 0 Å². The normalized spacial score (nSPS) is 10.5. The van der Waals surface area contributed by atoms with Crippen LogP contribution < -0.4 is 0 Å². The summed E-state index contributed by atoms with van der Waals surface area (Å²) in [6.07, 6.45) is 0.783. The highest BCUT2D eigenvalue weighted by Gasteiger charge is 2.18. The van der Waals surface area contributed by atoms with Gasteiger partial charge in [0.15, 0.2) is 0 Å². The molecule has 0 N–H and O–H groups in total. The molecule has 2 rings (SSSR count). The molecule has 1 heterocycles. The van der Waals surface area contributed by atoms with E-state index in [1.807, 2.05) is 19.1 Å². The van der Waals surface area contributed by atoms with Crippen molar-refractivity contribution < 1.29 is 14.3 Å². The highest BCUT2D eigenvalue weighted by molar-refractivity contribution is 7.16. The lowest BCUT2D eigenvalue weighted by Crippen LogP contribution is -2.36. The predicted molar refractivity (Wildman–Crippen MR) is 77.8 cm³/mol. The van der Waals surface area contributed by atoms with E-state index < -0.39 is 5.97 Å². The van der Waals surface area contributed by atoms with Gasteiger partial charge in [0.05, 0.1) is 22.8 Å². The van der Waals surface area contributed by atoms with Gasteiger partial charge in [0.1, 0.15) is 6.54 Å². The lowest BCUT2D eigenvalue weighted by Gasteiger charge is -2.20. The van der Waals surface area contributed by atoms with Crippen molar-refractivity contribution in [1.82, 2.24) is 9.88 Å². The second-order valence-corrected chi connectivity index (χ2v) is 5.22. The molecule has 0 saturated heterocycles. The molecule has 6 heteroatoms. The van der Waals surface area contributed by atoms with Crippen molar-refractivity contribution >= 4 is 33.4 Å². The number of amides is 1. The van der Waals surface area contributed by atoms with Crippen molar-refractivity contribution in [3.8, 4) is 0 Å². The topological polar surface area (TPSA) is 59.5 Å². The molecule has 0 aliphatic carbocycles. The third-order valence-electron chi connectivity index (χ3n) is 2.91. The van der Waals surface area contributed by atoms with Gasteiger partial charge in [0.2, 0.25) is 0 Å². The zero-order valence-corrected chi connectivity index (χ0v) is 12.3. The Labute approximate surface area is 121 Å². The molecular formula is C14H16N2O3S. The van der Waals surface area contributed by atoms with Gasteiger partial charge in [-0.25, -0.2) is 4.98 Å². The molecule has 0 fully saturated rings. The van der Waals surface area contributed by atoms with Crippen LogP contribution >= 0.6 is 11.3 Å². The summed E-state index contributed by atoms with van der Waals surface area (Å²) in [6.45, 7) is 2.46. The van der Waals surface area contributed by atoms with Crippen LogP contribution in [0.5, 0.6) is 0 Å². The van der Waals surface area contributed by atoms with Gasteiger partial charge in [-0.05, 0) is 24.6 Å². The van der Waals surface area contributed by atoms with E-state index in [0.717, 1.165) is 16.6 Å². The molecule has 5 nitrogen and oxygen atoms in total. The number of nitrogens with zero attached hydrogens (tertiary/aromatic N) is 2. The van der Waals surface area contributed by atoms with Gasteiger partial charge < -0.3 is 9.64 Å². The highest BCUT2D eigenvalue weighted by Crippen LogP contribution is 2.20. The van der Waals surface area contributed by atoms with E-state index in [1.165, 1.54) is 23.3 Å². The number of carbonyl (C=O) groups is 2. The third-order valence-corrected chi connectivity index (χ3v) is 3.70. The molecular weight excluding hydrogens is 276 g/mol. The zero-order valence-electron chi connectivity index (χ0n) is 11.5. The second-order valence-electron chi connectivity index (χ2n) is 4.34. The minimum atomic E-state index is -0.411. The SMILES string of the molecule is CCCN(CC(=O)OC)C(=O)c1ccc2ncsc2c1. The number of benzene rings is 1. The van der Waals surface area contributed by atoms with Crippen molar-refractivity contribution in [2.75, 3.05) is 20.2 Å². The molecule has 106 valence electrons. The summed E-state index contributed by atoms with van der Waals surface area (Å²) in [6, 6.07) is 5.38. The maximum atomic E-state index is 12.5. The Hall–Kier alpha value is -1.95. The highest BCUT2D eigenvalue weighted by atomic mass is 32.1. The number of methoxy groups -OCH3 is 1. The Bertz CT molecular complexity index is 624. The minimum absolute atomic E-state index is 0.0239. The molecule has 0 radical (unpaired) electrons. The maximum absolute atomic E-state index is 12.5. The zero-order chi connectivity index (χ0) is 14.5. The Balaban J connectivity index is 2.23. The van der Waals surface area contributed by atoms with Gasteiger partial charge in [-0.15, -0.1) is 11.3 Å². The van der Waals surface area contributed by atoms with Crippen LogP contribution in [0.4, 0.5) is 0 Å². The predicted octanol–water partition coefficient (Wildman–Crippen LogP) is 2.32. The number of fused-ring (bicyclic) bond motifs is 1. The lowest BCUT2D eigenvalue weighted by molar-refractivity contribution is -0.141. The number of carbonyl (C=O) groups excluding carboxylic acids is 2. The molecule has 0 bridgehead atoms. The largest absolute Gasteiger partial charge is 0.468 e. The quantitative estimate of drug-likeness (QED) is 0.794. The standard InChI is InChI=1S/C14H16N2O3S/c1-3-6-16(8-13(17)19-2)14(18)10-4-5-11-12(7-10)20-9-15-11/h4-5,7,9H,3,6,8H2,1-2H3. The van der Waals surface area contributed by atoms with Gasteiger partial charge in [-0.3, -0.25) is 9.59 Å². The fourth-order valence-electron chi connectivity index (χ4n) is 1.91. The van der Waals surface area contributed by atoms with Crippen molar-refractivity contribution in [1.29, 1.82) is 0 Å². The fraction of sp³-hybridized carbons (Fsp3) is 0.357. The first-order valence-corrected chi connectivity index (χ1v) is 7.23. The summed E-state index contributed by atoms with van der Waals surface area (Å²) < 4.78 is 5.59. The number of thiazole rings is 1. The first-order valence-electron chi connectivity index (χ1n) is 6.35. The number of hydrogen-bond donors (Lipinski definition) is 0. The summed E-state index contributed by atoms with van der Waals surface area (Å²) in [5, 5.41) is 0. The van der Waals surface area contributed by atoms with Gasteiger partial charge in [0, 0.05) is 12.1 Å². The Kier molecular flexibility index (Phi) is 4.68. The summed E-state index contributed by atoms with van der Waals surface area (Å²) in [5.74, 6) is -0.571. The van der Waals surface area contributed by atoms with Crippen molar-refractivity contribution in [3.05, 3.63) is 29.3 Å². The van der Waals surface area contributed by atoms with Crippen LogP contribution in [0.1, 0.15) is 23.7 Å². The number of aromatic nitrogens is 1. The molecule has 1 amide bonds. The molecule has 2 aromatic rings. The van der Waals surface area contributed by atoms with Crippen molar-refractivity contribution in [3.63, 3.8) is 0 Å². The van der Waals surface area contributed by atoms with Crippen LogP contribution in [0.2, 0.25) is 0 Å². The number of ether oxygens (including phenoxy) is 1. The van der Waals surface area contributed by atoms with Gasteiger partial charge in [0.25, 0.3) is 5.91 Å². The molecule has 0 unspecified atom stereocenters. The molecule has 0 spiro atoms. The molecule has 0 saturated carbocycles. The van der Waals surface area contributed by atoms with Gasteiger partial charge in [-0.2, -0.15) is 0 Å². The van der Waals surface area contributed by atoms with E-state index in [2.05, 4.69) is 9.72 Å². The monoisotopic (exact) mass is 292 g/mol. The first kappa shape index (κ1) is 14.5. The molecule has 20 heavy (non-hydrogen) atoms. The first-order chi connectivity index (χ1) is 9.65. The van der Waals surface area contributed by atoms with E-state index >= 15 is 0 Å². The van der Waals surface area contributed by atoms with E-state index in [-0.39, 0.29) is 12.5 Å². The summed E-state index contributed by atoms with van der Waals surface area (Å²) in [7, 11) is 1.32. The Morgan fingerprint density at radius 3 is 2.90 bits per heavy atom. The van der Waals surface area contributed by atoms with E-state index in [1.54, 1.807) is 11.6 Å². The number of esters is 1. The fourth-order valence-corrected chi connectivity index (χ4v) is 2.63. The van der Waals surface area contributed by atoms with Crippen molar-refractivity contribution in [2.24, 2.45) is 0 Å². The average Bonchev–Trinajstić information content (AvgIpc) is 2.93. The van der Waals surface area contributed by atoms with Crippen LogP contribution in [-0.2, 0) is 9.53 Å². The van der Waals surface area contributed by atoms with Crippen LogP contribution in [0.15, 0.2) is 23.7 Å². The number of rotatable bonds is 5. The average molecular weight is 292 g/mol. The second kappa shape index (κ2) is 6.47. The van der Waals surface area contributed by atoms with Crippen LogP contribution in [0.25, 0.3) is 10.2 Å². The molecule has 1 aromatic heterocycles. The minimum Gasteiger partial charge on any atom is -0.468 e. The number of hydrogen-bond acceptors (Lipinski definition) is 5.